The number of alkyl halides is 3. The summed E-state index contributed by atoms with van der Waals surface area (Å²) in [6.07, 6.45) is -1.94. The van der Waals surface area contributed by atoms with Gasteiger partial charge in [-0.3, -0.25) is 0 Å². The molecule has 0 bridgehead atoms. The Kier molecular flexibility index (Phi) is 4.92. The van der Waals surface area contributed by atoms with Crippen molar-refractivity contribution in [2.45, 2.75) is 43.8 Å². The minimum Gasteiger partial charge on any atom is -0.491 e. The predicted molar refractivity (Wildman–Crippen MR) is 103 cm³/mol. The number of amides is 2. The number of nitrogens with one attached hydrogen (secondary N) is 2. The van der Waals surface area contributed by atoms with E-state index in [-0.39, 0.29) is 17.5 Å². The summed E-state index contributed by atoms with van der Waals surface area (Å²) in [4.78, 5) is 12.4. The summed E-state index contributed by atoms with van der Waals surface area (Å²) < 4.78 is 44.0. The molecule has 0 radical (unpaired) electrons. The van der Waals surface area contributed by atoms with Crippen molar-refractivity contribution in [3.8, 4) is 5.75 Å². The van der Waals surface area contributed by atoms with Crippen molar-refractivity contribution in [3.05, 3.63) is 64.7 Å². The van der Waals surface area contributed by atoms with Crippen LogP contribution < -0.4 is 15.4 Å². The lowest BCUT2D eigenvalue weighted by molar-refractivity contribution is -0.137. The van der Waals surface area contributed by atoms with E-state index in [0.717, 1.165) is 47.4 Å². The van der Waals surface area contributed by atoms with Crippen molar-refractivity contribution in [2.75, 3.05) is 13.2 Å². The van der Waals surface area contributed by atoms with Crippen LogP contribution in [0.25, 0.3) is 0 Å². The third-order valence-corrected chi connectivity index (χ3v) is 5.86. The molecule has 1 aliphatic carbocycles. The van der Waals surface area contributed by atoms with Crippen LogP contribution in [0, 0.1) is 6.92 Å². The zero-order valence-electron chi connectivity index (χ0n) is 16.1. The number of hydrogen-bond donors (Lipinski definition) is 2. The number of carbonyl (C=O) groups excluding carboxylic acids is 1. The first-order chi connectivity index (χ1) is 13.8. The van der Waals surface area contributed by atoms with E-state index in [1.54, 1.807) is 0 Å². The molecule has 0 aromatic heterocycles. The second-order valence-electron chi connectivity index (χ2n) is 7.95. The first-order valence-corrected chi connectivity index (χ1v) is 9.70. The zero-order valence-corrected chi connectivity index (χ0v) is 16.1. The fourth-order valence-corrected chi connectivity index (χ4v) is 3.88. The maximum absolute atomic E-state index is 12.8. The fourth-order valence-electron chi connectivity index (χ4n) is 3.88. The monoisotopic (exact) mass is 404 g/mol. The zero-order chi connectivity index (χ0) is 20.6. The topological polar surface area (TPSA) is 50.4 Å². The molecule has 1 saturated carbocycles. The Morgan fingerprint density at radius 2 is 1.90 bits per heavy atom. The highest BCUT2D eigenvalue weighted by Gasteiger charge is 2.44. The van der Waals surface area contributed by atoms with Gasteiger partial charge >= 0.3 is 12.2 Å². The van der Waals surface area contributed by atoms with Crippen LogP contribution in [0.2, 0.25) is 0 Å². The molecule has 1 heterocycles. The van der Waals surface area contributed by atoms with E-state index in [2.05, 4.69) is 10.6 Å². The Bertz CT molecular complexity index is 905. The molecule has 0 saturated heterocycles. The normalized spacial score (nSPS) is 19.7. The molecule has 2 aromatic rings. The SMILES string of the molecule is Cc1cccc2c1CC(NC(=O)NCC1(c3ccc(C(F)(F)F)cc3)CC1)CO2. The Balaban J connectivity index is 1.32. The average Bonchev–Trinajstić information content (AvgIpc) is 3.48. The molecule has 0 spiro atoms. The summed E-state index contributed by atoms with van der Waals surface area (Å²) in [5.74, 6) is 0.864. The molecule has 2 amide bonds. The van der Waals surface area contributed by atoms with E-state index in [1.165, 1.54) is 12.1 Å². The lowest BCUT2D eigenvalue weighted by Gasteiger charge is -2.27. The smallest absolute Gasteiger partial charge is 0.416 e. The van der Waals surface area contributed by atoms with Gasteiger partial charge in [-0.25, -0.2) is 4.79 Å². The van der Waals surface area contributed by atoms with E-state index in [9.17, 15) is 18.0 Å². The molecular weight excluding hydrogens is 381 g/mol. The van der Waals surface area contributed by atoms with Gasteiger partial charge < -0.3 is 15.4 Å². The number of urea groups is 1. The van der Waals surface area contributed by atoms with Crippen molar-refractivity contribution in [1.29, 1.82) is 0 Å². The van der Waals surface area contributed by atoms with Gasteiger partial charge in [-0.15, -0.1) is 0 Å². The molecule has 154 valence electrons. The van der Waals surface area contributed by atoms with E-state index in [4.69, 9.17) is 4.74 Å². The summed E-state index contributed by atoms with van der Waals surface area (Å²) in [6, 6.07) is 10.7. The Morgan fingerprint density at radius 1 is 1.17 bits per heavy atom. The molecule has 1 aliphatic heterocycles. The van der Waals surface area contributed by atoms with Gasteiger partial charge in [0.2, 0.25) is 0 Å². The second kappa shape index (κ2) is 7.28. The molecule has 2 aromatic carbocycles. The van der Waals surface area contributed by atoms with Crippen molar-refractivity contribution >= 4 is 6.03 Å². The summed E-state index contributed by atoms with van der Waals surface area (Å²) in [5.41, 5.74) is 2.14. The van der Waals surface area contributed by atoms with E-state index in [1.807, 2.05) is 25.1 Å². The van der Waals surface area contributed by atoms with Gasteiger partial charge in [-0.05, 0) is 61.1 Å². The Labute approximate surface area is 167 Å². The Morgan fingerprint density at radius 3 is 2.55 bits per heavy atom. The molecule has 1 unspecified atom stereocenters. The van der Waals surface area contributed by atoms with E-state index in [0.29, 0.717) is 19.6 Å². The van der Waals surface area contributed by atoms with Gasteiger partial charge in [0.15, 0.2) is 0 Å². The highest BCUT2D eigenvalue weighted by Crippen LogP contribution is 2.48. The number of rotatable bonds is 4. The van der Waals surface area contributed by atoms with Crippen molar-refractivity contribution in [1.82, 2.24) is 10.6 Å². The van der Waals surface area contributed by atoms with Crippen LogP contribution in [0.4, 0.5) is 18.0 Å². The van der Waals surface area contributed by atoms with E-state index >= 15 is 0 Å². The van der Waals surface area contributed by atoms with Crippen LogP contribution in [0.1, 0.15) is 35.1 Å². The number of halogens is 3. The van der Waals surface area contributed by atoms with Crippen LogP contribution in [0.5, 0.6) is 5.75 Å². The van der Waals surface area contributed by atoms with Crippen molar-refractivity contribution in [2.24, 2.45) is 0 Å². The largest absolute Gasteiger partial charge is 0.491 e. The predicted octanol–water partition coefficient (Wildman–Crippen LogP) is 4.35. The Hall–Kier alpha value is -2.70. The second-order valence-corrected chi connectivity index (χ2v) is 7.95. The quantitative estimate of drug-likeness (QED) is 0.796. The molecule has 29 heavy (non-hydrogen) atoms. The minimum atomic E-state index is -4.34. The maximum Gasteiger partial charge on any atom is 0.416 e. The maximum atomic E-state index is 12.8. The van der Waals surface area contributed by atoms with Gasteiger partial charge in [0.05, 0.1) is 11.6 Å². The number of carbonyl (C=O) groups is 1. The van der Waals surface area contributed by atoms with Gasteiger partial charge in [0, 0.05) is 12.0 Å². The molecule has 4 nitrogen and oxygen atoms in total. The first-order valence-electron chi connectivity index (χ1n) is 9.70. The minimum absolute atomic E-state index is 0.121. The van der Waals surface area contributed by atoms with Gasteiger partial charge in [-0.1, -0.05) is 24.3 Å². The van der Waals surface area contributed by atoms with Crippen LogP contribution >= 0.6 is 0 Å². The molecule has 2 N–H and O–H groups in total. The third-order valence-electron chi connectivity index (χ3n) is 5.86. The first kappa shape index (κ1) is 19.6. The average molecular weight is 404 g/mol. The van der Waals surface area contributed by atoms with Gasteiger partial charge in [0.1, 0.15) is 12.4 Å². The fraction of sp³-hybridized carbons (Fsp3) is 0.409. The van der Waals surface area contributed by atoms with Crippen molar-refractivity contribution < 1.29 is 22.7 Å². The van der Waals surface area contributed by atoms with Crippen LogP contribution in [-0.4, -0.2) is 25.2 Å². The molecular formula is C22H23F3N2O2. The summed E-state index contributed by atoms with van der Waals surface area (Å²) in [6.45, 7) is 2.83. The molecule has 2 aliphatic rings. The number of hydrogen-bond acceptors (Lipinski definition) is 2. The number of aryl methyl sites for hydroxylation is 1. The molecule has 1 fully saturated rings. The van der Waals surface area contributed by atoms with Crippen LogP contribution in [0.15, 0.2) is 42.5 Å². The van der Waals surface area contributed by atoms with Crippen LogP contribution in [-0.2, 0) is 18.0 Å². The highest BCUT2D eigenvalue weighted by molar-refractivity contribution is 5.74. The lowest BCUT2D eigenvalue weighted by Crippen LogP contribution is -2.48. The van der Waals surface area contributed by atoms with Crippen molar-refractivity contribution in [3.63, 3.8) is 0 Å². The molecule has 7 heteroatoms. The molecule has 1 atom stereocenters. The third kappa shape index (κ3) is 4.18. The number of ether oxygens (including phenoxy) is 1. The summed E-state index contributed by atoms with van der Waals surface area (Å²) in [7, 11) is 0. The van der Waals surface area contributed by atoms with Crippen LogP contribution in [0.3, 0.4) is 0 Å². The lowest BCUT2D eigenvalue weighted by atomic mass is 9.95. The number of benzene rings is 2. The summed E-state index contributed by atoms with van der Waals surface area (Å²) in [5, 5.41) is 5.83. The van der Waals surface area contributed by atoms with Gasteiger partial charge in [0.25, 0.3) is 0 Å². The standard InChI is InChI=1S/C22H23F3N2O2/c1-14-3-2-4-19-18(14)11-17(12-29-19)27-20(28)26-13-21(9-10-21)15-5-7-16(8-6-15)22(23,24)25/h2-8,17H,9-13H2,1H3,(H2,26,27,28). The molecule has 4 rings (SSSR count). The van der Waals surface area contributed by atoms with E-state index < -0.39 is 11.7 Å². The number of fused-ring (bicyclic) bond motifs is 1. The van der Waals surface area contributed by atoms with Gasteiger partial charge in [-0.2, -0.15) is 13.2 Å². The highest BCUT2D eigenvalue weighted by atomic mass is 19.4. The summed E-state index contributed by atoms with van der Waals surface area (Å²) >= 11 is 0.